The average molecular weight is 191 g/mol. The van der Waals surface area contributed by atoms with E-state index in [1.165, 1.54) is 32.1 Å². The lowest BCUT2D eigenvalue weighted by atomic mass is 9.89. The summed E-state index contributed by atoms with van der Waals surface area (Å²) >= 11 is 5.67. The normalized spacial score (nSPS) is 16.0. The second-order valence-corrected chi connectivity index (χ2v) is 4.23. The molecule has 0 bridgehead atoms. The maximum absolute atomic E-state index is 5.67. The molecule has 0 aliphatic rings. The summed E-state index contributed by atoms with van der Waals surface area (Å²) in [6.45, 7) is 6.92. The summed E-state index contributed by atoms with van der Waals surface area (Å²) in [6.07, 6.45) is 6.54. The zero-order valence-corrected chi connectivity index (χ0v) is 9.53. The first-order valence-electron chi connectivity index (χ1n) is 5.30. The van der Waals surface area contributed by atoms with Crippen LogP contribution in [-0.4, -0.2) is 5.88 Å². The Hall–Kier alpha value is 0.290. The van der Waals surface area contributed by atoms with E-state index in [0.717, 1.165) is 17.7 Å². The fourth-order valence-electron chi connectivity index (χ4n) is 1.59. The van der Waals surface area contributed by atoms with Gasteiger partial charge in [-0.1, -0.05) is 33.6 Å². The van der Waals surface area contributed by atoms with Crippen LogP contribution >= 0.6 is 11.6 Å². The highest BCUT2D eigenvalue weighted by Gasteiger charge is 2.09. The zero-order chi connectivity index (χ0) is 9.40. The van der Waals surface area contributed by atoms with Crippen LogP contribution in [0.25, 0.3) is 0 Å². The molecular formula is C11H23Cl. The highest BCUT2D eigenvalue weighted by atomic mass is 35.5. The molecule has 2 atom stereocenters. The molecule has 2 unspecified atom stereocenters. The van der Waals surface area contributed by atoms with Crippen LogP contribution in [-0.2, 0) is 0 Å². The molecule has 0 aliphatic heterocycles. The quantitative estimate of drug-likeness (QED) is 0.520. The Morgan fingerprint density at radius 3 is 2.25 bits per heavy atom. The molecule has 0 spiro atoms. The van der Waals surface area contributed by atoms with E-state index in [1.54, 1.807) is 0 Å². The van der Waals surface area contributed by atoms with Crippen molar-refractivity contribution in [1.82, 2.24) is 0 Å². The van der Waals surface area contributed by atoms with E-state index in [1.807, 2.05) is 0 Å². The van der Waals surface area contributed by atoms with Gasteiger partial charge in [0.1, 0.15) is 0 Å². The number of hydrogen-bond donors (Lipinski definition) is 0. The van der Waals surface area contributed by atoms with Crippen molar-refractivity contribution in [3.63, 3.8) is 0 Å². The summed E-state index contributed by atoms with van der Waals surface area (Å²) in [5.41, 5.74) is 0. The lowest BCUT2D eigenvalue weighted by Gasteiger charge is -2.17. The summed E-state index contributed by atoms with van der Waals surface area (Å²) < 4.78 is 0. The second kappa shape index (κ2) is 7.91. The molecule has 74 valence electrons. The van der Waals surface area contributed by atoms with E-state index in [9.17, 15) is 0 Å². The minimum atomic E-state index is 0.830. The van der Waals surface area contributed by atoms with Crippen molar-refractivity contribution in [3.05, 3.63) is 0 Å². The van der Waals surface area contributed by atoms with Gasteiger partial charge in [0.25, 0.3) is 0 Å². The molecule has 0 nitrogen and oxygen atoms in total. The van der Waals surface area contributed by atoms with Gasteiger partial charge in [0.05, 0.1) is 0 Å². The Morgan fingerprint density at radius 2 is 1.83 bits per heavy atom. The van der Waals surface area contributed by atoms with Crippen molar-refractivity contribution in [2.75, 3.05) is 5.88 Å². The molecule has 12 heavy (non-hydrogen) atoms. The predicted molar refractivity (Wildman–Crippen MR) is 57.8 cm³/mol. The Labute approximate surface area is 82.7 Å². The van der Waals surface area contributed by atoms with Crippen molar-refractivity contribution < 1.29 is 0 Å². The van der Waals surface area contributed by atoms with Crippen molar-refractivity contribution in [1.29, 1.82) is 0 Å². The van der Waals surface area contributed by atoms with Gasteiger partial charge in [-0.3, -0.25) is 0 Å². The van der Waals surface area contributed by atoms with Crippen LogP contribution in [0.2, 0.25) is 0 Å². The lowest BCUT2D eigenvalue weighted by Crippen LogP contribution is -2.05. The van der Waals surface area contributed by atoms with Gasteiger partial charge in [-0.25, -0.2) is 0 Å². The third kappa shape index (κ3) is 5.88. The van der Waals surface area contributed by atoms with Gasteiger partial charge in [-0.05, 0) is 31.1 Å². The van der Waals surface area contributed by atoms with E-state index in [0.29, 0.717) is 0 Å². The van der Waals surface area contributed by atoms with Gasteiger partial charge in [0, 0.05) is 5.88 Å². The molecule has 0 heterocycles. The smallest absolute Gasteiger partial charge is 0.0223 e. The van der Waals surface area contributed by atoms with Gasteiger partial charge in [0.2, 0.25) is 0 Å². The summed E-state index contributed by atoms with van der Waals surface area (Å²) in [5.74, 6) is 2.64. The molecular weight excluding hydrogens is 168 g/mol. The van der Waals surface area contributed by atoms with E-state index in [-0.39, 0.29) is 0 Å². The summed E-state index contributed by atoms with van der Waals surface area (Å²) in [7, 11) is 0. The van der Waals surface area contributed by atoms with Crippen LogP contribution in [0, 0.1) is 11.8 Å². The minimum absolute atomic E-state index is 0.830. The third-order valence-electron chi connectivity index (χ3n) is 2.76. The SMILES string of the molecule is CCC(C)CC(CC)CCCCl. The standard InChI is InChI=1S/C11H23Cl/c1-4-10(3)9-11(5-2)7-6-8-12/h10-11H,4-9H2,1-3H3. The van der Waals surface area contributed by atoms with Crippen molar-refractivity contribution in [3.8, 4) is 0 Å². The number of alkyl halides is 1. The second-order valence-electron chi connectivity index (χ2n) is 3.85. The highest BCUT2D eigenvalue weighted by Crippen LogP contribution is 2.22. The number of rotatable bonds is 7. The molecule has 0 aromatic heterocycles. The van der Waals surface area contributed by atoms with Gasteiger partial charge in [-0.15, -0.1) is 11.6 Å². The number of halogens is 1. The van der Waals surface area contributed by atoms with Crippen LogP contribution < -0.4 is 0 Å². The van der Waals surface area contributed by atoms with Crippen molar-refractivity contribution >= 4 is 11.6 Å². The monoisotopic (exact) mass is 190 g/mol. The van der Waals surface area contributed by atoms with Crippen molar-refractivity contribution in [2.45, 2.75) is 52.9 Å². The van der Waals surface area contributed by atoms with Gasteiger partial charge in [-0.2, -0.15) is 0 Å². The third-order valence-corrected chi connectivity index (χ3v) is 3.02. The molecule has 1 heteroatoms. The Bertz CT molecular complexity index is 91.0. The van der Waals surface area contributed by atoms with Crippen LogP contribution in [0.3, 0.4) is 0 Å². The van der Waals surface area contributed by atoms with E-state index < -0.39 is 0 Å². The summed E-state index contributed by atoms with van der Waals surface area (Å²) in [6, 6.07) is 0. The van der Waals surface area contributed by atoms with E-state index >= 15 is 0 Å². The molecule has 0 saturated carbocycles. The molecule has 0 aliphatic carbocycles. The molecule has 0 saturated heterocycles. The average Bonchev–Trinajstić information content (AvgIpc) is 2.11. The first kappa shape index (κ1) is 12.3. The van der Waals surface area contributed by atoms with Gasteiger partial charge < -0.3 is 0 Å². The zero-order valence-electron chi connectivity index (χ0n) is 8.78. The molecule has 0 rings (SSSR count). The van der Waals surface area contributed by atoms with Crippen molar-refractivity contribution in [2.24, 2.45) is 11.8 Å². The van der Waals surface area contributed by atoms with Gasteiger partial charge >= 0.3 is 0 Å². The van der Waals surface area contributed by atoms with Crippen LogP contribution in [0.1, 0.15) is 52.9 Å². The maximum Gasteiger partial charge on any atom is 0.0223 e. The Kier molecular flexibility index (Phi) is 8.11. The first-order chi connectivity index (χ1) is 5.74. The fraction of sp³-hybridized carbons (Fsp3) is 1.00. The van der Waals surface area contributed by atoms with Crippen LogP contribution in [0.4, 0.5) is 0 Å². The minimum Gasteiger partial charge on any atom is -0.127 e. The van der Waals surface area contributed by atoms with E-state index in [2.05, 4.69) is 20.8 Å². The fourth-order valence-corrected chi connectivity index (χ4v) is 1.74. The molecule has 0 aromatic carbocycles. The largest absolute Gasteiger partial charge is 0.127 e. The summed E-state index contributed by atoms with van der Waals surface area (Å²) in [5, 5.41) is 0. The topological polar surface area (TPSA) is 0 Å². The lowest BCUT2D eigenvalue weighted by molar-refractivity contribution is 0.352. The number of hydrogen-bond acceptors (Lipinski definition) is 0. The molecule has 0 N–H and O–H groups in total. The maximum atomic E-state index is 5.67. The first-order valence-corrected chi connectivity index (χ1v) is 5.83. The Balaban J connectivity index is 3.51. The molecule has 0 radical (unpaired) electrons. The van der Waals surface area contributed by atoms with Crippen LogP contribution in [0.15, 0.2) is 0 Å². The highest BCUT2D eigenvalue weighted by molar-refractivity contribution is 6.17. The molecule has 0 fully saturated rings. The van der Waals surface area contributed by atoms with E-state index in [4.69, 9.17) is 11.6 Å². The molecule has 0 aromatic rings. The Morgan fingerprint density at radius 1 is 1.17 bits per heavy atom. The van der Waals surface area contributed by atoms with Crippen LogP contribution in [0.5, 0.6) is 0 Å². The molecule has 0 amide bonds. The summed E-state index contributed by atoms with van der Waals surface area (Å²) in [4.78, 5) is 0. The predicted octanol–water partition coefficient (Wildman–Crippen LogP) is 4.47. The van der Waals surface area contributed by atoms with Gasteiger partial charge in [0.15, 0.2) is 0 Å².